The minimum Gasteiger partial charge on any atom is -0.484 e. The number of likely N-dealkylation sites (N-methyl/N-ethyl adjacent to an activating group) is 1. The van der Waals surface area contributed by atoms with Crippen LogP contribution in [0, 0.1) is 0 Å². The summed E-state index contributed by atoms with van der Waals surface area (Å²) in [7, 11) is 3.31. The monoisotopic (exact) mass is 262 g/mol. The summed E-state index contributed by atoms with van der Waals surface area (Å²) < 4.78 is 5.35. The normalized spacial score (nSPS) is 10.4. The molecule has 0 fully saturated rings. The molecule has 0 aliphatic rings. The number of hydrogen-bond donors (Lipinski definition) is 2. The minimum atomic E-state index is -1.01. The van der Waals surface area contributed by atoms with Gasteiger partial charge in [0.25, 0.3) is 5.91 Å². The van der Waals surface area contributed by atoms with E-state index in [0.29, 0.717) is 11.3 Å². The first kappa shape index (κ1) is 12.9. The Morgan fingerprint density at radius 3 is 2.68 bits per heavy atom. The van der Waals surface area contributed by atoms with Crippen molar-refractivity contribution in [1.82, 2.24) is 9.88 Å². The molecular formula is C13H14N2O4. The summed E-state index contributed by atoms with van der Waals surface area (Å²) in [5.41, 5.74) is 0.834. The first-order chi connectivity index (χ1) is 8.97. The van der Waals surface area contributed by atoms with Crippen LogP contribution < -0.4 is 4.74 Å². The van der Waals surface area contributed by atoms with Crippen LogP contribution in [0.1, 0.15) is 10.5 Å². The second-order valence-corrected chi connectivity index (χ2v) is 4.31. The number of carbonyl (C=O) groups is 2. The molecule has 0 unspecified atom stereocenters. The predicted molar refractivity (Wildman–Crippen MR) is 69.4 cm³/mol. The molecular weight excluding hydrogens is 248 g/mol. The molecule has 2 N–H and O–H groups in total. The second kappa shape index (κ2) is 5.01. The number of aromatic amines is 1. The number of nitrogens with zero attached hydrogens (tertiary/aromatic N) is 1. The Bertz CT molecular complexity index is 631. The number of hydrogen-bond acceptors (Lipinski definition) is 3. The summed E-state index contributed by atoms with van der Waals surface area (Å²) in [5.74, 6) is -0.625. The molecule has 0 bridgehead atoms. The summed E-state index contributed by atoms with van der Waals surface area (Å²) in [5, 5.41) is 9.61. The average molecular weight is 262 g/mol. The highest BCUT2D eigenvalue weighted by molar-refractivity contribution is 5.94. The lowest BCUT2D eigenvalue weighted by atomic mass is 10.2. The van der Waals surface area contributed by atoms with E-state index in [4.69, 9.17) is 9.84 Å². The van der Waals surface area contributed by atoms with E-state index < -0.39 is 5.97 Å². The minimum absolute atomic E-state index is 0.0469. The van der Waals surface area contributed by atoms with E-state index in [1.54, 1.807) is 32.3 Å². The number of H-pyrrole nitrogens is 1. The zero-order valence-electron chi connectivity index (χ0n) is 10.6. The molecule has 1 aromatic carbocycles. The van der Waals surface area contributed by atoms with Gasteiger partial charge in [0.05, 0.1) is 0 Å². The quantitative estimate of drug-likeness (QED) is 0.870. The summed E-state index contributed by atoms with van der Waals surface area (Å²) >= 11 is 0. The molecule has 100 valence electrons. The maximum Gasteiger partial charge on any atom is 0.352 e. The van der Waals surface area contributed by atoms with E-state index in [0.717, 1.165) is 5.39 Å². The van der Waals surface area contributed by atoms with Crippen molar-refractivity contribution >= 4 is 22.8 Å². The Hall–Kier alpha value is -2.50. The highest BCUT2D eigenvalue weighted by Gasteiger charge is 2.09. The van der Waals surface area contributed by atoms with Crippen LogP contribution in [0.2, 0.25) is 0 Å². The van der Waals surface area contributed by atoms with E-state index in [1.807, 2.05) is 0 Å². The number of carboxylic acids is 1. The third kappa shape index (κ3) is 2.85. The zero-order valence-corrected chi connectivity index (χ0v) is 10.6. The van der Waals surface area contributed by atoms with Gasteiger partial charge in [-0.05, 0) is 24.3 Å². The third-order valence-corrected chi connectivity index (χ3v) is 2.68. The maximum absolute atomic E-state index is 11.4. The fourth-order valence-electron chi connectivity index (χ4n) is 1.59. The number of nitrogens with one attached hydrogen (secondary N) is 1. The molecule has 0 spiro atoms. The van der Waals surface area contributed by atoms with Crippen molar-refractivity contribution in [1.29, 1.82) is 0 Å². The lowest BCUT2D eigenvalue weighted by Crippen LogP contribution is -2.27. The molecule has 0 saturated carbocycles. The molecule has 0 saturated heterocycles. The Balaban J connectivity index is 2.17. The molecule has 2 rings (SSSR count). The van der Waals surface area contributed by atoms with Crippen molar-refractivity contribution in [2.75, 3.05) is 20.7 Å². The number of benzene rings is 1. The van der Waals surface area contributed by atoms with Crippen LogP contribution >= 0.6 is 0 Å². The highest BCUT2D eigenvalue weighted by atomic mass is 16.5. The van der Waals surface area contributed by atoms with E-state index >= 15 is 0 Å². The van der Waals surface area contributed by atoms with Crippen LogP contribution in [-0.2, 0) is 4.79 Å². The summed E-state index contributed by atoms with van der Waals surface area (Å²) in [6, 6.07) is 6.63. The number of carboxylic acid groups (broad SMARTS) is 1. The largest absolute Gasteiger partial charge is 0.484 e. The number of ether oxygens (including phenoxy) is 1. The summed E-state index contributed by atoms with van der Waals surface area (Å²) in [4.78, 5) is 26.4. The zero-order chi connectivity index (χ0) is 14.0. The smallest absolute Gasteiger partial charge is 0.352 e. The molecule has 0 atom stereocenters. The standard InChI is InChI=1S/C13H14N2O4/c1-15(2)12(16)7-19-9-3-4-10-8(5-9)6-11(14-10)13(17)18/h3-6,14H,7H2,1-2H3,(H,17,18). The lowest BCUT2D eigenvalue weighted by Gasteiger charge is -2.11. The van der Waals surface area contributed by atoms with Gasteiger partial charge in [-0.15, -0.1) is 0 Å². The molecule has 0 aliphatic heterocycles. The predicted octanol–water partition coefficient (Wildman–Crippen LogP) is 1.33. The highest BCUT2D eigenvalue weighted by Crippen LogP contribution is 2.21. The van der Waals surface area contributed by atoms with Crippen LogP contribution in [0.25, 0.3) is 10.9 Å². The first-order valence-corrected chi connectivity index (χ1v) is 5.66. The molecule has 6 nitrogen and oxygen atoms in total. The number of aromatic carboxylic acids is 1. The first-order valence-electron chi connectivity index (χ1n) is 5.66. The number of carbonyl (C=O) groups excluding carboxylic acids is 1. The van der Waals surface area contributed by atoms with Gasteiger partial charge < -0.3 is 19.7 Å². The van der Waals surface area contributed by atoms with Gasteiger partial charge in [-0.2, -0.15) is 0 Å². The molecule has 1 heterocycles. The van der Waals surface area contributed by atoms with E-state index in [-0.39, 0.29) is 18.2 Å². The van der Waals surface area contributed by atoms with Gasteiger partial charge in [0.15, 0.2) is 6.61 Å². The van der Waals surface area contributed by atoms with Crippen molar-refractivity contribution in [3.05, 3.63) is 30.0 Å². The summed E-state index contributed by atoms with van der Waals surface area (Å²) in [6.07, 6.45) is 0. The second-order valence-electron chi connectivity index (χ2n) is 4.31. The Kier molecular flexibility index (Phi) is 3.41. The van der Waals surface area contributed by atoms with Crippen LogP contribution in [0.5, 0.6) is 5.75 Å². The lowest BCUT2D eigenvalue weighted by molar-refractivity contribution is -0.130. The van der Waals surface area contributed by atoms with Crippen molar-refractivity contribution in [3.63, 3.8) is 0 Å². The fourth-order valence-corrected chi connectivity index (χ4v) is 1.59. The molecule has 19 heavy (non-hydrogen) atoms. The van der Waals surface area contributed by atoms with E-state index in [9.17, 15) is 9.59 Å². The van der Waals surface area contributed by atoms with Gasteiger partial charge in [-0.1, -0.05) is 0 Å². The molecule has 1 aromatic heterocycles. The van der Waals surface area contributed by atoms with Crippen molar-refractivity contribution in [2.24, 2.45) is 0 Å². The average Bonchev–Trinajstić information content (AvgIpc) is 2.78. The van der Waals surface area contributed by atoms with Crippen molar-refractivity contribution in [3.8, 4) is 5.75 Å². The van der Waals surface area contributed by atoms with Gasteiger partial charge in [0.2, 0.25) is 0 Å². The molecule has 0 aliphatic carbocycles. The van der Waals surface area contributed by atoms with Gasteiger partial charge in [-0.25, -0.2) is 4.79 Å². The van der Waals surface area contributed by atoms with Crippen LogP contribution in [0.3, 0.4) is 0 Å². The Morgan fingerprint density at radius 2 is 2.05 bits per heavy atom. The SMILES string of the molecule is CN(C)C(=O)COc1ccc2[nH]c(C(=O)O)cc2c1. The third-order valence-electron chi connectivity index (χ3n) is 2.68. The Morgan fingerprint density at radius 1 is 1.32 bits per heavy atom. The molecule has 0 radical (unpaired) electrons. The van der Waals surface area contributed by atoms with Crippen molar-refractivity contribution < 1.29 is 19.4 Å². The molecule has 1 amide bonds. The van der Waals surface area contributed by atoms with Gasteiger partial charge in [0, 0.05) is 25.0 Å². The van der Waals surface area contributed by atoms with Crippen LogP contribution in [0.4, 0.5) is 0 Å². The number of fused-ring (bicyclic) bond motifs is 1. The van der Waals surface area contributed by atoms with Crippen LogP contribution in [0.15, 0.2) is 24.3 Å². The maximum atomic E-state index is 11.4. The molecule has 2 aromatic rings. The number of aromatic nitrogens is 1. The van der Waals surface area contributed by atoms with E-state index in [1.165, 1.54) is 11.0 Å². The number of amides is 1. The number of rotatable bonds is 4. The fraction of sp³-hybridized carbons (Fsp3) is 0.231. The van der Waals surface area contributed by atoms with Gasteiger partial charge in [-0.3, -0.25) is 4.79 Å². The Labute approximate surface area is 109 Å². The van der Waals surface area contributed by atoms with Crippen molar-refractivity contribution in [2.45, 2.75) is 0 Å². The van der Waals surface area contributed by atoms with Gasteiger partial charge in [0.1, 0.15) is 11.4 Å². The van der Waals surface area contributed by atoms with E-state index in [2.05, 4.69) is 4.98 Å². The molecule has 6 heteroatoms. The van der Waals surface area contributed by atoms with Gasteiger partial charge >= 0.3 is 5.97 Å². The summed E-state index contributed by atoms with van der Waals surface area (Å²) in [6.45, 7) is -0.0469. The topological polar surface area (TPSA) is 82.6 Å². The van der Waals surface area contributed by atoms with Crippen LogP contribution in [-0.4, -0.2) is 47.6 Å².